The first-order valence-corrected chi connectivity index (χ1v) is 13.1. The fourth-order valence-corrected chi connectivity index (χ4v) is 5.89. The van der Waals surface area contributed by atoms with Gasteiger partial charge in [-0.25, -0.2) is 4.98 Å². The summed E-state index contributed by atoms with van der Waals surface area (Å²) in [7, 11) is 0. The molecule has 6 nitrogen and oxygen atoms in total. The van der Waals surface area contributed by atoms with E-state index >= 15 is 0 Å². The Balaban J connectivity index is 1.09. The van der Waals surface area contributed by atoms with Crippen LogP contribution in [0.25, 0.3) is 0 Å². The number of nitrogens with one attached hydrogen (secondary N) is 1. The Labute approximate surface area is 202 Å². The van der Waals surface area contributed by atoms with Crippen molar-refractivity contribution in [3.63, 3.8) is 0 Å². The Morgan fingerprint density at radius 2 is 2.00 bits per heavy atom. The summed E-state index contributed by atoms with van der Waals surface area (Å²) < 4.78 is 5.75. The molecule has 34 heavy (non-hydrogen) atoms. The van der Waals surface area contributed by atoms with Gasteiger partial charge in [-0.05, 0) is 105 Å². The lowest BCUT2D eigenvalue weighted by Gasteiger charge is -2.36. The predicted octanol–water partition coefficient (Wildman–Crippen LogP) is 4.67. The average Bonchev–Trinajstić information content (AvgIpc) is 3.33. The summed E-state index contributed by atoms with van der Waals surface area (Å²) in [5.41, 5.74) is 4.93. The number of likely N-dealkylation sites (tertiary alicyclic amines) is 1. The molecule has 0 bridgehead atoms. The first kappa shape index (κ1) is 23.2. The molecule has 6 heteroatoms. The molecule has 2 N–H and O–H groups in total. The van der Waals surface area contributed by atoms with Gasteiger partial charge in [0.15, 0.2) is 0 Å². The van der Waals surface area contributed by atoms with Crippen LogP contribution in [0.2, 0.25) is 0 Å². The smallest absolute Gasteiger partial charge is 0.303 e. The SMILES string of the molecule is O=C(O)CC(c1ccc2c(c1)OCC2)C1CCN(CCCCc2ccc3c(n2)NCCC3)CC1. The molecule has 182 valence electrons. The second-order valence-electron chi connectivity index (χ2n) is 10.1. The Morgan fingerprint density at radius 1 is 1.15 bits per heavy atom. The second-order valence-corrected chi connectivity index (χ2v) is 10.1. The van der Waals surface area contributed by atoms with E-state index < -0.39 is 5.97 Å². The van der Waals surface area contributed by atoms with Gasteiger partial charge in [0.2, 0.25) is 0 Å². The number of anilines is 1. The quantitative estimate of drug-likeness (QED) is 0.527. The van der Waals surface area contributed by atoms with Gasteiger partial charge >= 0.3 is 5.97 Å². The molecule has 0 radical (unpaired) electrons. The molecule has 1 fully saturated rings. The number of benzene rings is 1. The largest absolute Gasteiger partial charge is 0.493 e. The van der Waals surface area contributed by atoms with Crippen LogP contribution in [0.15, 0.2) is 30.3 Å². The summed E-state index contributed by atoms with van der Waals surface area (Å²) in [5.74, 6) is 1.82. The molecule has 0 amide bonds. The number of fused-ring (bicyclic) bond motifs is 2. The maximum absolute atomic E-state index is 11.6. The number of carbonyl (C=O) groups is 1. The third kappa shape index (κ3) is 5.54. The molecule has 3 aliphatic rings. The van der Waals surface area contributed by atoms with Crippen LogP contribution in [0, 0.1) is 5.92 Å². The number of nitrogens with zero attached hydrogens (tertiary/aromatic N) is 2. The molecule has 0 spiro atoms. The number of aryl methyl sites for hydroxylation is 2. The number of ether oxygens (including phenoxy) is 1. The van der Waals surface area contributed by atoms with E-state index in [9.17, 15) is 9.90 Å². The van der Waals surface area contributed by atoms with E-state index in [1.165, 1.54) is 29.7 Å². The van der Waals surface area contributed by atoms with Gasteiger partial charge in [0.05, 0.1) is 13.0 Å². The minimum absolute atomic E-state index is 0.0674. The molecule has 0 saturated carbocycles. The average molecular weight is 464 g/mol. The molecule has 0 aliphatic carbocycles. The van der Waals surface area contributed by atoms with E-state index in [0.29, 0.717) is 5.92 Å². The van der Waals surface area contributed by atoms with Gasteiger partial charge in [0.25, 0.3) is 0 Å². The molecule has 1 atom stereocenters. The monoisotopic (exact) mass is 463 g/mol. The van der Waals surface area contributed by atoms with Crippen LogP contribution < -0.4 is 10.1 Å². The van der Waals surface area contributed by atoms with E-state index in [1.54, 1.807) is 0 Å². The number of aliphatic carboxylic acids is 1. The van der Waals surface area contributed by atoms with Gasteiger partial charge in [-0.2, -0.15) is 0 Å². The summed E-state index contributed by atoms with van der Waals surface area (Å²) in [6, 6.07) is 10.8. The van der Waals surface area contributed by atoms with E-state index in [1.807, 2.05) is 0 Å². The lowest BCUT2D eigenvalue weighted by atomic mass is 9.78. The number of piperidine rings is 1. The normalized spacial score (nSPS) is 19.1. The number of carboxylic acids is 1. The zero-order valence-electron chi connectivity index (χ0n) is 20.1. The van der Waals surface area contributed by atoms with Crippen molar-refractivity contribution < 1.29 is 14.6 Å². The van der Waals surface area contributed by atoms with Crippen molar-refractivity contribution in [1.82, 2.24) is 9.88 Å². The summed E-state index contributed by atoms with van der Waals surface area (Å²) in [6.45, 7) is 5.01. The van der Waals surface area contributed by atoms with Crippen LogP contribution in [0.1, 0.15) is 66.8 Å². The third-order valence-electron chi connectivity index (χ3n) is 7.85. The Bertz CT molecular complexity index is 1000. The van der Waals surface area contributed by atoms with Gasteiger partial charge in [-0.15, -0.1) is 0 Å². The summed E-state index contributed by atoms with van der Waals surface area (Å²) >= 11 is 0. The van der Waals surface area contributed by atoms with Crippen LogP contribution in [-0.4, -0.2) is 53.7 Å². The van der Waals surface area contributed by atoms with Gasteiger partial charge in [-0.1, -0.05) is 18.2 Å². The second kappa shape index (κ2) is 10.8. The van der Waals surface area contributed by atoms with Crippen molar-refractivity contribution in [1.29, 1.82) is 0 Å². The highest BCUT2D eigenvalue weighted by atomic mass is 16.5. The summed E-state index contributed by atoms with van der Waals surface area (Å²) in [5, 5.41) is 13.0. The molecule has 4 heterocycles. The van der Waals surface area contributed by atoms with Gasteiger partial charge in [0, 0.05) is 18.7 Å². The Kier molecular flexibility index (Phi) is 7.33. The predicted molar refractivity (Wildman–Crippen MR) is 134 cm³/mol. The third-order valence-corrected chi connectivity index (χ3v) is 7.85. The highest BCUT2D eigenvalue weighted by molar-refractivity contribution is 5.68. The first-order chi connectivity index (χ1) is 16.7. The number of rotatable bonds is 9. The molecule has 5 rings (SSSR count). The topological polar surface area (TPSA) is 74.7 Å². The van der Waals surface area contributed by atoms with E-state index in [-0.39, 0.29) is 12.3 Å². The lowest BCUT2D eigenvalue weighted by molar-refractivity contribution is -0.137. The van der Waals surface area contributed by atoms with Gasteiger partial charge < -0.3 is 20.1 Å². The van der Waals surface area contributed by atoms with Crippen molar-refractivity contribution in [2.75, 3.05) is 38.1 Å². The van der Waals surface area contributed by atoms with Gasteiger partial charge in [-0.3, -0.25) is 4.79 Å². The summed E-state index contributed by atoms with van der Waals surface area (Å²) in [4.78, 5) is 19.0. The minimum Gasteiger partial charge on any atom is -0.493 e. The highest BCUT2D eigenvalue weighted by Gasteiger charge is 2.30. The highest BCUT2D eigenvalue weighted by Crippen LogP contribution is 2.38. The maximum Gasteiger partial charge on any atom is 0.303 e. The molecule has 3 aliphatic heterocycles. The fourth-order valence-electron chi connectivity index (χ4n) is 5.89. The van der Waals surface area contributed by atoms with Gasteiger partial charge in [0.1, 0.15) is 11.6 Å². The van der Waals surface area contributed by atoms with E-state index in [0.717, 1.165) is 88.4 Å². The Hall–Kier alpha value is -2.60. The van der Waals surface area contributed by atoms with Crippen LogP contribution in [-0.2, 0) is 24.1 Å². The maximum atomic E-state index is 11.6. The minimum atomic E-state index is -0.708. The molecule has 1 saturated heterocycles. The van der Waals surface area contributed by atoms with Crippen LogP contribution in [0.5, 0.6) is 5.75 Å². The van der Waals surface area contributed by atoms with Crippen molar-refractivity contribution in [3.8, 4) is 5.75 Å². The first-order valence-electron chi connectivity index (χ1n) is 13.1. The number of pyridine rings is 1. The summed E-state index contributed by atoms with van der Waals surface area (Å²) in [6.07, 6.45) is 8.99. The van der Waals surface area contributed by atoms with Crippen LogP contribution >= 0.6 is 0 Å². The zero-order chi connectivity index (χ0) is 23.3. The van der Waals surface area contributed by atoms with Crippen LogP contribution in [0.4, 0.5) is 5.82 Å². The molecular weight excluding hydrogens is 426 g/mol. The zero-order valence-corrected chi connectivity index (χ0v) is 20.1. The van der Waals surface area contributed by atoms with E-state index in [4.69, 9.17) is 9.72 Å². The van der Waals surface area contributed by atoms with Crippen molar-refractivity contribution in [3.05, 3.63) is 52.7 Å². The molecule has 2 aromatic rings. The molecular formula is C28H37N3O3. The van der Waals surface area contributed by atoms with Crippen molar-refractivity contribution >= 4 is 11.8 Å². The Morgan fingerprint density at radius 3 is 2.85 bits per heavy atom. The fraction of sp³-hybridized carbons (Fsp3) is 0.571. The number of hydrogen-bond acceptors (Lipinski definition) is 5. The molecule has 1 aromatic carbocycles. The van der Waals surface area contributed by atoms with Crippen molar-refractivity contribution in [2.24, 2.45) is 5.92 Å². The van der Waals surface area contributed by atoms with Crippen molar-refractivity contribution in [2.45, 2.75) is 63.7 Å². The van der Waals surface area contributed by atoms with Crippen LogP contribution in [0.3, 0.4) is 0 Å². The number of unbranched alkanes of at least 4 members (excludes halogenated alkanes) is 1. The molecule has 1 unspecified atom stereocenters. The van der Waals surface area contributed by atoms with E-state index in [2.05, 4.69) is 40.5 Å². The standard InChI is InChI=1S/C28H37N3O3/c32-27(33)19-25(23-7-6-21-12-17-34-26(21)18-23)20-10-15-31(16-11-20)14-2-1-5-24-9-8-22-4-3-13-29-28(22)30-24/h6-9,18,20,25H,1-5,10-17,19H2,(H,29,30)(H,32,33). The number of aromatic nitrogens is 1. The number of carboxylic acid groups (broad SMARTS) is 1. The lowest BCUT2D eigenvalue weighted by Crippen LogP contribution is -2.36. The molecule has 1 aromatic heterocycles. The number of hydrogen-bond donors (Lipinski definition) is 2.